The maximum atomic E-state index is 13.8. The molecule has 0 spiro atoms. The second kappa shape index (κ2) is 12.3. The van der Waals surface area contributed by atoms with Gasteiger partial charge in [0.05, 0.1) is 23.5 Å². The Bertz CT molecular complexity index is 1290. The minimum absolute atomic E-state index is 0.102. The zero-order valence-electron chi connectivity index (χ0n) is 17.9. The Morgan fingerprint density at radius 3 is 2.46 bits per heavy atom. The van der Waals surface area contributed by atoms with Crippen molar-refractivity contribution in [2.75, 3.05) is 12.4 Å². The summed E-state index contributed by atoms with van der Waals surface area (Å²) in [6.07, 6.45) is 1.30. The molecule has 0 unspecified atom stereocenters. The normalized spacial score (nSPS) is 10.8. The number of ether oxygens (including phenoxy) is 2. The fourth-order valence-electron chi connectivity index (χ4n) is 2.76. The number of amides is 2. The summed E-state index contributed by atoms with van der Waals surface area (Å²) in [5.41, 5.74) is 3.09. The minimum atomic E-state index is -1.08. The molecule has 3 rings (SSSR count). The number of methoxy groups -OCH3 is 1. The Hall–Kier alpha value is -2.66. The molecule has 0 saturated heterocycles. The van der Waals surface area contributed by atoms with Crippen LogP contribution in [0, 0.1) is 5.82 Å². The molecule has 0 aliphatic heterocycles. The van der Waals surface area contributed by atoms with Crippen LogP contribution in [0.1, 0.15) is 11.1 Å². The number of nitrogens with one attached hydrogen (secondary N) is 2. The summed E-state index contributed by atoms with van der Waals surface area (Å²) < 4.78 is 26.1. The van der Waals surface area contributed by atoms with Gasteiger partial charge in [-0.3, -0.25) is 9.59 Å². The number of hydrogen-bond acceptors (Lipinski definition) is 5. The lowest BCUT2D eigenvalue weighted by molar-refractivity contribution is -0.136. The molecule has 0 fully saturated rings. The van der Waals surface area contributed by atoms with E-state index in [4.69, 9.17) is 32.7 Å². The van der Waals surface area contributed by atoms with Crippen LogP contribution in [0.2, 0.25) is 10.0 Å². The van der Waals surface area contributed by atoms with Crippen molar-refractivity contribution in [3.05, 3.63) is 84.5 Å². The fourth-order valence-corrected chi connectivity index (χ4v) is 4.17. The number of nitrogens with zero attached hydrogens (tertiary/aromatic N) is 1. The first-order valence-corrected chi connectivity index (χ1v) is 12.1. The molecular formula is C23H16Br2Cl2FN3O4. The maximum Gasteiger partial charge on any atom is 0.329 e. The summed E-state index contributed by atoms with van der Waals surface area (Å²) in [4.78, 5) is 24.0. The van der Waals surface area contributed by atoms with Gasteiger partial charge in [-0.15, -0.1) is 0 Å². The molecule has 0 heterocycles. The number of rotatable bonds is 7. The molecule has 0 aromatic heterocycles. The lowest BCUT2D eigenvalue weighted by Gasteiger charge is -2.14. The van der Waals surface area contributed by atoms with Gasteiger partial charge in [-0.2, -0.15) is 5.10 Å². The summed E-state index contributed by atoms with van der Waals surface area (Å²) in [5, 5.41) is 6.88. The van der Waals surface area contributed by atoms with Crippen molar-refractivity contribution in [2.24, 2.45) is 5.10 Å². The third kappa shape index (κ3) is 7.17. The van der Waals surface area contributed by atoms with Crippen molar-refractivity contribution in [1.82, 2.24) is 5.43 Å². The van der Waals surface area contributed by atoms with Crippen molar-refractivity contribution < 1.29 is 23.5 Å². The molecule has 0 saturated carbocycles. The second-order valence-corrected chi connectivity index (χ2v) is 9.38. The first-order chi connectivity index (χ1) is 16.7. The van der Waals surface area contributed by atoms with E-state index in [2.05, 4.69) is 47.7 Å². The monoisotopic (exact) mass is 645 g/mol. The number of halogens is 5. The Morgan fingerprint density at radius 1 is 1.09 bits per heavy atom. The van der Waals surface area contributed by atoms with E-state index in [1.807, 2.05) is 0 Å². The van der Waals surface area contributed by atoms with Crippen LogP contribution < -0.4 is 20.2 Å². The highest BCUT2D eigenvalue weighted by atomic mass is 79.9. The smallest absolute Gasteiger partial charge is 0.329 e. The molecule has 182 valence electrons. The molecule has 35 heavy (non-hydrogen) atoms. The topological polar surface area (TPSA) is 89.0 Å². The Balaban J connectivity index is 1.65. The first-order valence-electron chi connectivity index (χ1n) is 9.72. The first kappa shape index (κ1) is 26.9. The summed E-state index contributed by atoms with van der Waals surface area (Å²) in [7, 11) is 1.46. The van der Waals surface area contributed by atoms with Crippen LogP contribution in [0.4, 0.5) is 10.1 Å². The highest BCUT2D eigenvalue weighted by Crippen LogP contribution is 2.37. The lowest BCUT2D eigenvalue weighted by Crippen LogP contribution is -2.32. The standard InChI is InChI=1S/C23H16Br2Cl2FN3O4/c1-34-20-8-12(7-15(25)21(20)35-11-14-16(26)3-2-4-17(14)27)10-29-31-23(33)22(32)30-19-6-5-13(24)9-18(19)28/h2-10H,11H2,1H3,(H,30,32)(H,31,33)/b29-10+. The van der Waals surface area contributed by atoms with Gasteiger partial charge in [0.15, 0.2) is 11.5 Å². The Morgan fingerprint density at radius 2 is 1.80 bits per heavy atom. The Kier molecular flexibility index (Phi) is 9.50. The molecule has 2 amide bonds. The third-order valence-corrected chi connectivity index (χ3v) is 6.23. The van der Waals surface area contributed by atoms with E-state index in [0.29, 0.717) is 41.6 Å². The summed E-state index contributed by atoms with van der Waals surface area (Å²) in [6, 6.07) is 12.4. The molecule has 0 aliphatic rings. The lowest BCUT2D eigenvalue weighted by atomic mass is 10.2. The third-order valence-electron chi connectivity index (χ3n) is 4.44. The molecule has 2 N–H and O–H groups in total. The van der Waals surface area contributed by atoms with Crippen molar-refractivity contribution in [3.8, 4) is 11.5 Å². The van der Waals surface area contributed by atoms with Crippen LogP contribution in [0.15, 0.2) is 62.6 Å². The number of anilines is 1. The second-order valence-electron chi connectivity index (χ2n) is 6.80. The van der Waals surface area contributed by atoms with Gasteiger partial charge in [0.1, 0.15) is 12.4 Å². The minimum Gasteiger partial charge on any atom is -0.493 e. The zero-order valence-corrected chi connectivity index (χ0v) is 22.6. The number of carbonyl (C=O) groups excluding carboxylic acids is 2. The molecule has 0 aliphatic carbocycles. The van der Waals surface area contributed by atoms with Gasteiger partial charge >= 0.3 is 11.8 Å². The van der Waals surface area contributed by atoms with Gasteiger partial charge in [-0.1, -0.05) is 45.2 Å². The van der Waals surface area contributed by atoms with Crippen molar-refractivity contribution in [1.29, 1.82) is 0 Å². The van der Waals surface area contributed by atoms with E-state index >= 15 is 0 Å². The SMILES string of the molecule is COc1cc(/C=N/NC(=O)C(=O)Nc2ccc(Br)cc2F)cc(Br)c1OCc1c(Cl)cccc1Cl. The van der Waals surface area contributed by atoms with E-state index in [1.54, 1.807) is 30.3 Å². The molecule has 0 atom stereocenters. The van der Waals surface area contributed by atoms with Crippen molar-refractivity contribution in [3.63, 3.8) is 0 Å². The molecular weight excluding hydrogens is 632 g/mol. The van der Waals surface area contributed by atoms with Crippen LogP contribution in [0.25, 0.3) is 0 Å². The Labute approximate surface area is 226 Å². The predicted octanol–water partition coefficient (Wildman–Crippen LogP) is 6.33. The van der Waals surface area contributed by atoms with E-state index in [1.165, 1.54) is 25.5 Å². The predicted molar refractivity (Wildman–Crippen MR) is 140 cm³/mol. The fraction of sp³-hybridized carbons (Fsp3) is 0.0870. The molecule has 3 aromatic rings. The average molecular weight is 648 g/mol. The quantitative estimate of drug-likeness (QED) is 0.178. The molecule has 7 nitrogen and oxygen atoms in total. The molecule has 0 radical (unpaired) electrons. The van der Waals surface area contributed by atoms with Crippen LogP contribution in [-0.2, 0) is 16.2 Å². The summed E-state index contributed by atoms with van der Waals surface area (Å²) >= 11 is 18.9. The van der Waals surface area contributed by atoms with Gasteiger partial charge in [-0.05, 0) is 64.0 Å². The highest BCUT2D eigenvalue weighted by molar-refractivity contribution is 9.10. The summed E-state index contributed by atoms with van der Waals surface area (Å²) in [5.74, 6) is -2.07. The largest absolute Gasteiger partial charge is 0.493 e. The number of hydrogen-bond donors (Lipinski definition) is 2. The van der Waals surface area contributed by atoms with Gasteiger partial charge in [0, 0.05) is 20.1 Å². The van der Waals surface area contributed by atoms with Crippen LogP contribution in [-0.4, -0.2) is 25.1 Å². The van der Waals surface area contributed by atoms with E-state index in [0.717, 1.165) is 6.07 Å². The van der Waals surface area contributed by atoms with Crippen molar-refractivity contribution in [2.45, 2.75) is 6.61 Å². The van der Waals surface area contributed by atoms with Crippen LogP contribution in [0.5, 0.6) is 11.5 Å². The van der Waals surface area contributed by atoms with Gasteiger partial charge in [0.25, 0.3) is 0 Å². The molecule has 3 aromatic carbocycles. The summed E-state index contributed by atoms with van der Waals surface area (Å²) in [6.45, 7) is 0.102. The van der Waals surface area contributed by atoms with Crippen LogP contribution >= 0.6 is 55.1 Å². The van der Waals surface area contributed by atoms with Gasteiger partial charge in [0.2, 0.25) is 0 Å². The van der Waals surface area contributed by atoms with Crippen molar-refractivity contribution >= 4 is 78.8 Å². The highest BCUT2D eigenvalue weighted by Gasteiger charge is 2.16. The van der Waals surface area contributed by atoms with E-state index < -0.39 is 17.6 Å². The number of carbonyl (C=O) groups is 2. The number of benzene rings is 3. The van der Waals surface area contributed by atoms with Crippen LogP contribution in [0.3, 0.4) is 0 Å². The van der Waals surface area contributed by atoms with E-state index in [-0.39, 0.29) is 12.3 Å². The number of hydrazone groups is 1. The van der Waals surface area contributed by atoms with E-state index in [9.17, 15) is 14.0 Å². The maximum absolute atomic E-state index is 13.8. The van der Waals surface area contributed by atoms with Gasteiger partial charge in [-0.25, -0.2) is 9.82 Å². The zero-order chi connectivity index (χ0) is 25.5. The average Bonchev–Trinajstić information content (AvgIpc) is 2.81. The van der Waals surface area contributed by atoms with Gasteiger partial charge < -0.3 is 14.8 Å². The molecule has 12 heteroatoms. The molecule has 0 bridgehead atoms.